The molecule has 0 amide bonds. The third-order valence-corrected chi connectivity index (χ3v) is 2.77. The molecule has 0 fully saturated rings. The standard InChI is InChI=1S/C12H18BrNO/c1-3-4-9(2)8-15-12-7-10(13)5-6-11(12)14/h5-7,9H,3-4,8,14H2,1-2H3. The molecule has 1 atom stereocenters. The Morgan fingerprint density at radius 1 is 1.47 bits per heavy atom. The predicted octanol–water partition coefficient (Wildman–Crippen LogP) is 3.85. The van der Waals surface area contributed by atoms with Gasteiger partial charge in [0.1, 0.15) is 5.75 Å². The van der Waals surface area contributed by atoms with Crippen LogP contribution < -0.4 is 10.5 Å². The Morgan fingerprint density at radius 2 is 2.20 bits per heavy atom. The molecule has 0 aliphatic heterocycles. The van der Waals surface area contributed by atoms with Gasteiger partial charge in [0.2, 0.25) is 0 Å². The van der Waals surface area contributed by atoms with Crippen LogP contribution in [0.3, 0.4) is 0 Å². The summed E-state index contributed by atoms with van der Waals surface area (Å²) in [4.78, 5) is 0. The Kier molecular flexibility index (Phi) is 4.95. The highest BCUT2D eigenvalue weighted by Gasteiger charge is 2.05. The monoisotopic (exact) mass is 271 g/mol. The molecule has 0 heterocycles. The van der Waals surface area contributed by atoms with Gasteiger partial charge >= 0.3 is 0 Å². The van der Waals surface area contributed by atoms with Gasteiger partial charge in [0.25, 0.3) is 0 Å². The van der Waals surface area contributed by atoms with Crippen molar-refractivity contribution in [1.29, 1.82) is 0 Å². The number of benzene rings is 1. The first-order valence-electron chi connectivity index (χ1n) is 5.31. The molecule has 0 aromatic heterocycles. The van der Waals surface area contributed by atoms with Crippen LogP contribution in [-0.4, -0.2) is 6.61 Å². The third kappa shape index (κ3) is 4.12. The summed E-state index contributed by atoms with van der Waals surface area (Å²) < 4.78 is 6.67. The van der Waals surface area contributed by atoms with Crippen LogP contribution in [0.1, 0.15) is 26.7 Å². The summed E-state index contributed by atoms with van der Waals surface area (Å²) in [5, 5.41) is 0. The number of hydrogen-bond acceptors (Lipinski definition) is 2. The molecular weight excluding hydrogens is 254 g/mol. The van der Waals surface area contributed by atoms with Gasteiger partial charge in [-0.05, 0) is 30.5 Å². The van der Waals surface area contributed by atoms with E-state index < -0.39 is 0 Å². The fourth-order valence-corrected chi connectivity index (χ4v) is 1.78. The molecule has 0 bridgehead atoms. The van der Waals surface area contributed by atoms with Crippen molar-refractivity contribution in [1.82, 2.24) is 0 Å². The number of rotatable bonds is 5. The zero-order chi connectivity index (χ0) is 11.3. The van der Waals surface area contributed by atoms with E-state index in [4.69, 9.17) is 10.5 Å². The third-order valence-electron chi connectivity index (χ3n) is 2.28. The maximum absolute atomic E-state index is 5.80. The summed E-state index contributed by atoms with van der Waals surface area (Å²) in [6, 6.07) is 5.68. The van der Waals surface area contributed by atoms with Gasteiger partial charge in [-0.15, -0.1) is 0 Å². The molecule has 3 heteroatoms. The molecule has 1 aromatic rings. The number of halogens is 1. The highest BCUT2D eigenvalue weighted by molar-refractivity contribution is 9.10. The first-order chi connectivity index (χ1) is 7.13. The van der Waals surface area contributed by atoms with Gasteiger partial charge < -0.3 is 10.5 Å². The minimum absolute atomic E-state index is 0.577. The number of nitrogen functional groups attached to an aromatic ring is 1. The minimum atomic E-state index is 0.577. The second kappa shape index (κ2) is 6.01. The molecule has 0 aliphatic carbocycles. The van der Waals surface area contributed by atoms with E-state index in [1.807, 2.05) is 18.2 Å². The molecule has 0 aliphatic rings. The second-order valence-electron chi connectivity index (χ2n) is 3.89. The van der Waals surface area contributed by atoms with E-state index in [1.54, 1.807) is 0 Å². The van der Waals surface area contributed by atoms with E-state index in [2.05, 4.69) is 29.8 Å². The van der Waals surface area contributed by atoms with Crippen LogP contribution in [0.4, 0.5) is 5.69 Å². The van der Waals surface area contributed by atoms with Gasteiger partial charge in [0, 0.05) is 4.47 Å². The van der Waals surface area contributed by atoms with E-state index in [-0.39, 0.29) is 0 Å². The summed E-state index contributed by atoms with van der Waals surface area (Å²) in [5.41, 5.74) is 6.50. The Hall–Kier alpha value is -0.700. The van der Waals surface area contributed by atoms with Crippen molar-refractivity contribution >= 4 is 21.6 Å². The molecule has 0 radical (unpaired) electrons. The lowest BCUT2D eigenvalue weighted by atomic mass is 10.1. The minimum Gasteiger partial charge on any atom is -0.491 e. The van der Waals surface area contributed by atoms with Crippen LogP contribution in [0.2, 0.25) is 0 Å². The molecule has 1 unspecified atom stereocenters. The van der Waals surface area contributed by atoms with Crippen LogP contribution in [0, 0.1) is 5.92 Å². The molecule has 2 nitrogen and oxygen atoms in total. The summed E-state index contributed by atoms with van der Waals surface area (Å²) in [7, 11) is 0. The number of nitrogens with two attached hydrogens (primary N) is 1. The van der Waals surface area contributed by atoms with Crippen molar-refractivity contribution in [2.24, 2.45) is 5.92 Å². The van der Waals surface area contributed by atoms with Gasteiger partial charge in [-0.25, -0.2) is 0 Å². The largest absolute Gasteiger partial charge is 0.491 e. The fraction of sp³-hybridized carbons (Fsp3) is 0.500. The van der Waals surface area contributed by atoms with Crippen LogP contribution in [-0.2, 0) is 0 Å². The molecule has 1 aromatic carbocycles. The average molecular weight is 272 g/mol. The van der Waals surface area contributed by atoms with E-state index >= 15 is 0 Å². The predicted molar refractivity (Wildman–Crippen MR) is 68.1 cm³/mol. The Labute approximate surface area is 99.9 Å². The van der Waals surface area contributed by atoms with Crippen molar-refractivity contribution in [2.75, 3.05) is 12.3 Å². The van der Waals surface area contributed by atoms with E-state index in [1.165, 1.54) is 12.8 Å². The highest BCUT2D eigenvalue weighted by atomic mass is 79.9. The zero-order valence-electron chi connectivity index (χ0n) is 9.29. The van der Waals surface area contributed by atoms with E-state index in [9.17, 15) is 0 Å². The van der Waals surface area contributed by atoms with Crippen molar-refractivity contribution in [3.05, 3.63) is 22.7 Å². The van der Waals surface area contributed by atoms with E-state index in [0.29, 0.717) is 11.6 Å². The average Bonchev–Trinajstić information content (AvgIpc) is 2.20. The first-order valence-corrected chi connectivity index (χ1v) is 6.10. The summed E-state index contributed by atoms with van der Waals surface area (Å²) >= 11 is 3.40. The van der Waals surface area contributed by atoms with Crippen molar-refractivity contribution in [2.45, 2.75) is 26.7 Å². The number of ether oxygens (including phenoxy) is 1. The maximum Gasteiger partial charge on any atom is 0.143 e. The van der Waals surface area contributed by atoms with Crippen LogP contribution in [0.25, 0.3) is 0 Å². The highest BCUT2D eigenvalue weighted by Crippen LogP contribution is 2.26. The van der Waals surface area contributed by atoms with Gasteiger partial charge in [-0.1, -0.05) is 36.2 Å². The molecule has 15 heavy (non-hydrogen) atoms. The Morgan fingerprint density at radius 3 is 2.87 bits per heavy atom. The lowest BCUT2D eigenvalue weighted by Crippen LogP contribution is -2.09. The van der Waals surface area contributed by atoms with Gasteiger partial charge in [0.05, 0.1) is 12.3 Å². The normalized spacial score (nSPS) is 12.5. The number of hydrogen-bond donors (Lipinski definition) is 1. The van der Waals surface area contributed by atoms with Crippen LogP contribution in [0.15, 0.2) is 22.7 Å². The molecule has 0 spiro atoms. The molecular formula is C12H18BrNO. The smallest absolute Gasteiger partial charge is 0.143 e. The summed E-state index contributed by atoms with van der Waals surface area (Å²) in [6.45, 7) is 5.11. The van der Waals surface area contributed by atoms with Crippen molar-refractivity contribution in [3.8, 4) is 5.75 Å². The quantitative estimate of drug-likeness (QED) is 0.826. The van der Waals surface area contributed by atoms with E-state index in [0.717, 1.165) is 16.8 Å². The molecule has 2 N–H and O–H groups in total. The molecule has 0 saturated carbocycles. The van der Waals surface area contributed by atoms with Gasteiger partial charge in [-0.3, -0.25) is 0 Å². The van der Waals surface area contributed by atoms with Crippen LogP contribution >= 0.6 is 15.9 Å². The SMILES string of the molecule is CCCC(C)COc1cc(Br)ccc1N. The maximum atomic E-state index is 5.80. The van der Waals surface area contributed by atoms with Crippen molar-refractivity contribution < 1.29 is 4.74 Å². The Balaban J connectivity index is 2.53. The Bertz CT molecular complexity index is 314. The molecule has 84 valence electrons. The topological polar surface area (TPSA) is 35.2 Å². The fourth-order valence-electron chi connectivity index (χ4n) is 1.44. The lowest BCUT2D eigenvalue weighted by Gasteiger charge is -2.13. The number of anilines is 1. The van der Waals surface area contributed by atoms with Crippen LogP contribution in [0.5, 0.6) is 5.75 Å². The van der Waals surface area contributed by atoms with Gasteiger partial charge in [-0.2, -0.15) is 0 Å². The lowest BCUT2D eigenvalue weighted by molar-refractivity contribution is 0.252. The first kappa shape index (κ1) is 12.4. The second-order valence-corrected chi connectivity index (χ2v) is 4.80. The summed E-state index contributed by atoms with van der Waals surface area (Å²) in [5.74, 6) is 1.35. The van der Waals surface area contributed by atoms with Crippen molar-refractivity contribution in [3.63, 3.8) is 0 Å². The molecule has 0 saturated heterocycles. The zero-order valence-corrected chi connectivity index (χ0v) is 10.9. The molecule has 1 rings (SSSR count). The van der Waals surface area contributed by atoms with Gasteiger partial charge in [0.15, 0.2) is 0 Å². The summed E-state index contributed by atoms with van der Waals surface area (Å²) in [6.07, 6.45) is 2.38.